The number of carbonyl (C=O) groups is 2. The molecule has 0 fully saturated rings. The smallest absolute Gasteiger partial charge is 0.243 e. The summed E-state index contributed by atoms with van der Waals surface area (Å²) < 4.78 is 31.8. The lowest BCUT2D eigenvalue weighted by Crippen LogP contribution is -2.54. The van der Waals surface area contributed by atoms with Crippen LogP contribution in [0.1, 0.15) is 44.7 Å². The van der Waals surface area contributed by atoms with Gasteiger partial charge >= 0.3 is 0 Å². The van der Waals surface area contributed by atoms with Crippen LogP contribution in [0, 0.1) is 0 Å². The van der Waals surface area contributed by atoms with E-state index in [9.17, 15) is 18.0 Å². The van der Waals surface area contributed by atoms with Crippen LogP contribution in [0.5, 0.6) is 5.75 Å². The lowest BCUT2D eigenvalue weighted by molar-refractivity contribution is -0.142. The van der Waals surface area contributed by atoms with Crippen molar-refractivity contribution >= 4 is 62.3 Å². The van der Waals surface area contributed by atoms with Crippen LogP contribution in [0.25, 0.3) is 0 Å². The number of methoxy groups -OCH3 is 1. The quantitative estimate of drug-likeness (QED) is 0.215. The number of carbonyl (C=O) groups excluding carboxylic acids is 2. The molecule has 44 heavy (non-hydrogen) atoms. The van der Waals surface area contributed by atoms with Crippen LogP contribution in [-0.4, -0.2) is 56.6 Å². The number of nitrogens with one attached hydrogen (secondary N) is 1. The molecule has 3 rings (SSSR count). The van der Waals surface area contributed by atoms with Crippen LogP contribution in [0.15, 0.2) is 66.7 Å². The molecular formula is C32H38Cl3N3O5S. The number of nitrogens with zero attached hydrogens (tertiary/aromatic N) is 2. The number of benzene rings is 3. The molecule has 0 aromatic heterocycles. The van der Waals surface area contributed by atoms with Gasteiger partial charge in [-0.1, -0.05) is 71.2 Å². The predicted molar refractivity (Wildman–Crippen MR) is 178 cm³/mol. The average Bonchev–Trinajstić information content (AvgIpc) is 2.93. The van der Waals surface area contributed by atoms with E-state index in [0.717, 1.165) is 11.8 Å². The summed E-state index contributed by atoms with van der Waals surface area (Å²) in [5.41, 5.74) is 1.39. The van der Waals surface area contributed by atoms with Gasteiger partial charge in [-0.05, 0) is 68.7 Å². The van der Waals surface area contributed by atoms with Crippen LogP contribution in [0.3, 0.4) is 0 Å². The molecule has 0 radical (unpaired) electrons. The first-order valence-corrected chi connectivity index (χ1v) is 17.0. The van der Waals surface area contributed by atoms with Crippen molar-refractivity contribution in [1.29, 1.82) is 0 Å². The monoisotopic (exact) mass is 681 g/mol. The van der Waals surface area contributed by atoms with E-state index in [0.29, 0.717) is 27.0 Å². The van der Waals surface area contributed by atoms with Crippen molar-refractivity contribution in [3.8, 4) is 5.75 Å². The topological polar surface area (TPSA) is 96.0 Å². The molecular weight excluding hydrogens is 645 g/mol. The highest BCUT2D eigenvalue weighted by Crippen LogP contribution is 2.31. The maximum Gasteiger partial charge on any atom is 0.243 e. The Balaban J connectivity index is 1.93. The largest absolute Gasteiger partial charge is 0.495 e. The third-order valence-electron chi connectivity index (χ3n) is 6.68. The summed E-state index contributed by atoms with van der Waals surface area (Å²) in [6.07, 6.45) is 1.53. The summed E-state index contributed by atoms with van der Waals surface area (Å²) in [5.74, 6) is -0.211. The van der Waals surface area contributed by atoms with E-state index in [2.05, 4.69) is 5.32 Å². The fraction of sp³-hybridized carbons (Fsp3) is 0.375. The zero-order valence-electron chi connectivity index (χ0n) is 25.4. The lowest BCUT2D eigenvalue weighted by atomic mass is 10.00. The minimum absolute atomic E-state index is 0.0192. The van der Waals surface area contributed by atoms with E-state index in [-0.39, 0.29) is 49.2 Å². The maximum absolute atomic E-state index is 14.0. The van der Waals surface area contributed by atoms with Crippen molar-refractivity contribution in [2.75, 3.05) is 24.2 Å². The Morgan fingerprint density at radius 3 is 2.16 bits per heavy atom. The highest BCUT2D eigenvalue weighted by atomic mass is 35.5. The van der Waals surface area contributed by atoms with Crippen LogP contribution < -0.4 is 14.4 Å². The van der Waals surface area contributed by atoms with Gasteiger partial charge in [0, 0.05) is 31.5 Å². The van der Waals surface area contributed by atoms with Crippen molar-refractivity contribution in [2.24, 2.45) is 0 Å². The fourth-order valence-corrected chi connectivity index (χ4v) is 6.19. The molecule has 0 saturated heterocycles. The van der Waals surface area contributed by atoms with Gasteiger partial charge in [0.2, 0.25) is 21.8 Å². The van der Waals surface area contributed by atoms with E-state index >= 15 is 0 Å². The molecule has 0 bridgehead atoms. The van der Waals surface area contributed by atoms with E-state index in [1.807, 2.05) is 51.1 Å². The molecule has 0 unspecified atom stereocenters. The predicted octanol–water partition coefficient (Wildman–Crippen LogP) is 6.76. The van der Waals surface area contributed by atoms with Gasteiger partial charge < -0.3 is 15.0 Å². The second-order valence-electron chi connectivity index (χ2n) is 11.5. The molecule has 0 aliphatic heterocycles. The lowest BCUT2D eigenvalue weighted by Gasteiger charge is -2.34. The summed E-state index contributed by atoms with van der Waals surface area (Å²) in [4.78, 5) is 29.3. The zero-order chi connectivity index (χ0) is 32.7. The first-order chi connectivity index (χ1) is 20.6. The third kappa shape index (κ3) is 10.3. The van der Waals surface area contributed by atoms with Crippen LogP contribution in [-0.2, 0) is 32.6 Å². The molecule has 2 amide bonds. The van der Waals surface area contributed by atoms with Gasteiger partial charge in [-0.2, -0.15) is 0 Å². The second-order valence-corrected chi connectivity index (χ2v) is 14.6. The molecule has 0 aliphatic rings. The van der Waals surface area contributed by atoms with Crippen LogP contribution in [0.2, 0.25) is 15.1 Å². The molecule has 0 heterocycles. The van der Waals surface area contributed by atoms with E-state index < -0.39 is 21.6 Å². The molecule has 3 aromatic rings. The minimum atomic E-state index is -3.70. The van der Waals surface area contributed by atoms with Crippen LogP contribution >= 0.6 is 34.8 Å². The highest BCUT2D eigenvalue weighted by molar-refractivity contribution is 7.92. The number of hydrogen-bond acceptors (Lipinski definition) is 5. The molecule has 1 atom stereocenters. The van der Waals surface area contributed by atoms with Crippen molar-refractivity contribution in [2.45, 2.75) is 58.2 Å². The zero-order valence-corrected chi connectivity index (χ0v) is 28.5. The van der Waals surface area contributed by atoms with Gasteiger partial charge in [0.15, 0.2) is 0 Å². The number of ether oxygens (including phenoxy) is 1. The Bertz CT molecular complexity index is 1560. The standard InChI is InChI=1S/C32H38Cl3N3O5S/c1-32(2,3)36-31(40)28(19-22-10-7-6-8-11-22)37(21-23-13-15-25(33)26(34)18-23)30(39)12-9-17-38(44(5,41)42)24-14-16-29(43-4)27(35)20-24/h6-8,10-11,13-16,18,20,28H,9,12,17,19,21H2,1-5H3,(H,36,40)/t28-/m1/s1. The Labute approximate surface area is 275 Å². The van der Waals surface area contributed by atoms with Gasteiger partial charge in [0.25, 0.3) is 0 Å². The van der Waals surface area contributed by atoms with E-state index in [4.69, 9.17) is 39.5 Å². The number of anilines is 1. The van der Waals surface area contributed by atoms with Gasteiger partial charge in [-0.25, -0.2) is 8.42 Å². The van der Waals surface area contributed by atoms with Crippen LogP contribution in [0.4, 0.5) is 5.69 Å². The van der Waals surface area contributed by atoms with Crippen molar-refractivity contribution in [1.82, 2.24) is 10.2 Å². The normalized spacial score (nSPS) is 12.4. The summed E-state index contributed by atoms with van der Waals surface area (Å²) in [5, 5.41) is 3.99. The van der Waals surface area contributed by atoms with Gasteiger partial charge in [-0.3, -0.25) is 13.9 Å². The molecule has 8 nitrogen and oxygen atoms in total. The fourth-order valence-electron chi connectivity index (χ4n) is 4.66. The first kappa shape index (κ1) is 35.5. The van der Waals surface area contributed by atoms with Gasteiger partial charge in [-0.15, -0.1) is 0 Å². The van der Waals surface area contributed by atoms with Crippen molar-refractivity contribution in [3.63, 3.8) is 0 Å². The van der Waals surface area contributed by atoms with Crippen molar-refractivity contribution < 1.29 is 22.7 Å². The second kappa shape index (κ2) is 15.3. The molecule has 0 spiro atoms. The molecule has 1 N–H and O–H groups in total. The Hall–Kier alpha value is -2.98. The summed E-state index contributed by atoms with van der Waals surface area (Å²) in [6, 6.07) is 18.4. The number of hydrogen-bond donors (Lipinski definition) is 1. The van der Waals surface area contributed by atoms with E-state index in [1.54, 1.807) is 30.3 Å². The molecule has 238 valence electrons. The molecule has 0 saturated carbocycles. The number of halogens is 3. The molecule has 3 aromatic carbocycles. The molecule has 0 aliphatic carbocycles. The van der Waals surface area contributed by atoms with E-state index in [1.165, 1.54) is 22.4 Å². The highest BCUT2D eigenvalue weighted by Gasteiger charge is 2.32. The summed E-state index contributed by atoms with van der Waals surface area (Å²) in [7, 11) is -2.23. The number of rotatable bonds is 13. The average molecular weight is 683 g/mol. The summed E-state index contributed by atoms with van der Waals surface area (Å²) >= 11 is 18.7. The summed E-state index contributed by atoms with van der Waals surface area (Å²) in [6.45, 7) is 5.74. The third-order valence-corrected chi connectivity index (χ3v) is 8.91. The van der Waals surface area contributed by atoms with Gasteiger partial charge in [0.05, 0.1) is 34.1 Å². The Morgan fingerprint density at radius 1 is 0.909 bits per heavy atom. The van der Waals surface area contributed by atoms with Gasteiger partial charge in [0.1, 0.15) is 11.8 Å². The number of amides is 2. The maximum atomic E-state index is 14.0. The SMILES string of the molecule is COc1ccc(N(CCCC(=O)N(Cc2ccc(Cl)c(Cl)c2)[C@H](Cc2ccccc2)C(=O)NC(C)(C)C)S(C)(=O)=O)cc1Cl. The minimum Gasteiger partial charge on any atom is -0.495 e. The number of sulfonamides is 1. The Kier molecular flexibility index (Phi) is 12.4. The Morgan fingerprint density at radius 2 is 1.59 bits per heavy atom. The first-order valence-electron chi connectivity index (χ1n) is 14.0. The molecule has 12 heteroatoms. The van der Waals surface area contributed by atoms with Crippen molar-refractivity contribution in [3.05, 3.63) is 92.9 Å².